The van der Waals surface area contributed by atoms with Crippen LogP contribution in [0.2, 0.25) is 0 Å². The maximum absolute atomic E-state index is 12.0. The van der Waals surface area contributed by atoms with Gasteiger partial charge in [-0.1, -0.05) is 19.1 Å². The molecule has 1 unspecified atom stereocenters. The fourth-order valence-electron chi connectivity index (χ4n) is 1.58. The van der Waals surface area contributed by atoms with Gasteiger partial charge in [0.2, 0.25) is 0 Å². The highest BCUT2D eigenvalue weighted by atomic mass is 19.4. The lowest BCUT2D eigenvalue weighted by Gasteiger charge is -2.14. The molecular formula is C12H13F3O3. The molecule has 3 nitrogen and oxygen atoms in total. The Morgan fingerprint density at radius 3 is 2.22 bits per heavy atom. The molecule has 0 spiro atoms. The van der Waals surface area contributed by atoms with Gasteiger partial charge in [-0.15, -0.1) is 13.2 Å². The van der Waals surface area contributed by atoms with E-state index >= 15 is 0 Å². The quantitative estimate of drug-likeness (QED) is 0.781. The van der Waals surface area contributed by atoms with E-state index in [1.165, 1.54) is 31.4 Å². The fourth-order valence-corrected chi connectivity index (χ4v) is 1.58. The first kappa shape index (κ1) is 14.3. The number of hydrogen-bond donors (Lipinski definition) is 0. The van der Waals surface area contributed by atoms with E-state index in [9.17, 15) is 18.0 Å². The maximum atomic E-state index is 12.0. The molecule has 0 amide bonds. The van der Waals surface area contributed by atoms with E-state index in [0.29, 0.717) is 12.0 Å². The molecule has 6 heteroatoms. The highest BCUT2D eigenvalue weighted by Gasteiger charge is 2.31. The summed E-state index contributed by atoms with van der Waals surface area (Å²) in [7, 11) is 1.27. The molecule has 0 fully saturated rings. The zero-order chi connectivity index (χ0) is 13.8. The van der Waals surface area contributed by atoms with Crippen LogP contribution in [-0.4, -0.2) is 19.4 Å². The third-order valence-electron chi connectivity index (χ3n) is 2.41. The summed E-state index contributed by atoms with van der Waals surface area (Å²) in [5.74, 6) is -1.21. The van der Waals surface area contributed by atoms with Crippen molar-refractivity contribution in [2.75, 3.05) is 7.11 Å². The van der Waals surface area contributed by atoms with Crippen molar-refractivity contribution in [1.82, 2.24) is 0 Å². The third-order valence-corrected chi connectivity index (χ3v) is 2.41. The van der Waals surface area contributed by atoms with Crippen LogP contribution >= 0.6 is 0 Å². The lowest BCUT2D eigenvalue weighted by atomic mass is 9.97. The van der Waals surface area contributed by atoms with Gasteiger partial charge < -0.3 is 9.47 Å². The summed E-state index contributed by atoms with van der Waals surface area (Å²) in [5.41, 5.74) is 0.596. The second-order valence-corrected chi connectivity index (χ2v) is 3.60. The van der Waals surface area contributed by atoms with Crippen LogP contribution in [0.1, 0.15) is 24.8 Å². The Balaban J connectivity index is 2.84. The molecule has 0 aliphatic heterocycles. The van der Waals surface area contributed by atoms with E-state index in [4.69, 9.17) is 0 Å². The van der Waals surface area contributed by atoms with Crippen LogP contribution in [0.3, 0.4) is 0 Å². The first-order valence-corrected chi connectivity index (χ1v) is 5.31. The smallest absolute Gasteiger partial charge is 0.469 e. The number of alkyl halides is 3. The molecule has 0 radical (unpaired) electrons. The zero-order valence-electron chi connectivity index (χ0n) is 9.95. The number of ether oxygens (including phenoxy) is 2. The summed E-state index contributed by atoms with van der Waals surface area (Å²) in [6.45, 7) is 1.79. The lowest BCUT2D eigenvalue weighted by molar-refractivity contribution is -0.274. The number of carbonyl (C=O) groups is 1. The first-order valence-electron chi connectivity index (χ1n) is 5.31. The van der Waals surface area contributed by atoms with Gasteiger partial charge in [-0.25, -0.2) is 0 Å². The molecular weight excluding hydrogens is 249 g/mol. The van der Waals surface area contributed by atoms with E-state index in [2.05, 4.69) is 9.47 Å². The molecule has 0 bridgehead atoms. The average molecular weight is 262 g/mol. The molecule has 100 valence electrons. The number of hydrogen-bond acceptors (Lipinski definition) is 3. The monoisotopic (exact) mass is 262 g/mol. The molecule has 0 saturated heterocycles. The first-order chi connectivity index (χ1) is 8.37. The van der Waals surface area contributed by atoms with Crippen LogP contribution < -0.4 is 4.74 Å². The van der Waals surface area contributed by atoms with Crippen molar-refractivity contribution in [3.63, 3.8) is 0 Å². The number of esters is 1. The lowest BCUT2D eigenvalue weighted by Crippen LogP contribution is -2.17. The summed E-state index contributed by atoms with van der Waals surface area (Å²) in [6.07, 6.45) is -4.21. The van der Waals surface area contributed by atoms with Crippen LogP contribution in [0.15, 0.2) is 24.3 Å². The van der Waals surface area contributed by atoms with Crippen molar-refractivity contribution in [2.45, 2.75) is 25.6 Å². The van der Waals surface area contributed by atoms with Crippen molar-refractivity contribution in [1.29, 1.82) is 0 Å². The highest BCUT2D eigenvalue weighted by Crippen LogP contribution is 2.26. The van der Waals surface area contributed by atoms with Gasteiger partial charge in [0, 0.05) is 0 Å². The number of methoxy groups -OCH3 is 1. The number of benzene rings is 1. The van der Waals surface area contributed by atoms with E-state index in [1.807, 2.05) is 0 Å². The molecule has 1 atom stereocenters. The SMILES string of the molecule is CCC(C(=O)OC)c1ccc(OC(F)(F)F)cc1. The molecule has 1 rings (SSSR count). The van der Waals surface area contributed by atoms with Crippen molar-refractivity contribution in [3.05, 3.63) is 29.8 Å². The minimum absolute atomic E-state index is 0.314. The molecule has 0 aliphatic carbocycles. The minimum Gasteiger partial charge on any atom is -0.469 e. The molecule has 0 saturated carbocycles. The largest absolute Gasteiger partial charge is 0.573 e. The van der Waals surface area contributed by atoms with E-state index in [0.717, 1.165) is 0 Å². The predicted octanol–water partition coefficient (Wildman–Crippen LogP) is 3.25. The Morgan fingerprint density at radius 1 is 1.28 bits per heavy atom. The van der Waals surface area contributed by atoms with E-state index < -0.39 is 18.2 Å². The van der Waals surface area contributed by atoms with Crippen molar-refractivity contribution >= 4 is 5.97 Å². The van der Waals surface area contributed by atoms with Gasteiger partial charge in [0.15, 0.2) is 0 Å². The zero-order valence-corrected chi connectivity index (χ0v) is 9.95. The highest BCUT2D eigenvalue weighted by molar-refractivity contribution is 5.78. The Bertz CT molecular complexity index is 398. The molecule has 0 aromatic heterocycles. The van der Waals surface area contributed by atoms with Crippen molar-refractivity contribution in [3.8, 4) is 5.75 Å². The normalized spacial score (nSPS) is 12.9. The van der Waals surface area contributed by atoms with Crippen LogP contribution in [0.4, 0.5) is 13.2 Å². The topological polar surface area (TPSA) is 35.5 Å². The maximum Gasteiger partial charge on any atom is 0.573 e. The second-order valence-electron chi connectivity index (χ2n) is 3.60. The molecule has 0 aliphatic rings. The van der Waals surface area contributed by atoms with Crippen molar-refractivity contribution < 1.29 is 27.4 Å². The summed E-state index contributed by atoms with van der Waals surface area (Å²) in [5, 5.41) is 0. The Labute approximate surface area is 103 Å². The third kappa shape index (κ3) is 3.94. The second kappa shape index (κ2) is 5.75. The Hall–Kier alpha value is -1.72. The Kier molecular flexibility index (Phi) is 4.58. The van der Waals surface area contributed by atoms with E-state index in [1.54, 1.807) is 6.92 Å². The van der Waals surface area contributed by atoms with Crippen LogP contribution in [0.5, 0.6) is 5.75 Å². The number of rotatable bonds is 4. The summed E-state index contributed by atoms with van der Waals surface area (Å²) >= 11 is 0. The van der Waals surface area contributed by atoms with Gasteiger partial charge in [0.05, 0.1) is 13.0 Å². The molecule has 0 N–H and O–H groups in total. The van der Waals surface area contributed by atoms with Crippen LogP contribution in [0.25, 0.3) is 0 Å². The molecule has 18 heavy (non-hydrogen) atoms. The fraction of sp³-hybridized carbons (Fsp3) is 0.417. The van der Waals surface area contributed by atoms with Gasteiger partial charge in [-0.05, 0) is 24.1 Å². The summed E-state index contributed by atoms with van der Waals surface area (Å²) in [6, 6.07) is 5.20. The summed E-state index contributed by atoms with van der Waals surface area (Å²) < 4.78 is 44.2. The van der Waals surface area contributed by atoms with Crippen molar-refractivity contribution in [2.24, 2.45) is 0 Å². The van der Waals surface area contributed by atoms with Gasteiger partial charge in [-0.2, -0.15) is 0 Å². The molecule has 1 aromatic rings. The van der Waals surface area contributed by atoms with Crippen LogP contribution in [0, 0.1) is 0 Å². The predicted molar refractivity (Wildman–Crippen MR) is 58.2 cm³/mol. The molecule has 0 heterocycles. The summed E-state index contributed by atoms with van der Waals surface area (Å²) in [4.78, 5) is 11.4. The standard InChI is InChI=1S/C12H13F3O3/c1-3-10(11(16)17-2)8-4-6-9(7-5-8)18-12(13,14)15/h4-7,10H,3H2,1-2H3. The van der Waals surface area contributed by atoms with Gasteiger partial charge in [0.1, 0.15) is 5.75 Å². The average Bonchev–Trinajstić information content (AvgIpc) is 2.30. The number of carbonyl (C=O) groups excluding carboxylic acids is 1. The number of halogens is 3. The van der Waals surface area contributed by atoms with E-state index in [-0.39, 0.29) is 5.75 Å². The minimum atomic E-state index is -4.71. The van der Waals surface area contributed by atoms with Crippen LogP contribution in [-0.2, 0) is 9.53 Å². The van der Waals surface area contributed by atoms with Gasteiger partial charge >= 0.3 is 12.3 Å². The van der Waals surface area contributed by atoms with Gasteiger partial charge in [0.25, 0.3) is 0 Å². The Morgan fingerprint density at radius 2 is 1.83 bits per heavy atom. The molecule has 1 aromatic carbocycles. The van der Waals surface area contributed by atoms with Gasteiger partial charge in [-0.3, -0.25) is 4.79 Å².